The first-order valence-corrected chi connectivity index (χ1v) is 8.99. The fourth-order valence-corrected chi connectivity index (χ4v) is 3.59. The summed E-state index contributed by atoms with van der Waals surface area (Å²) in [6, 6.07) is 7.43. The molecule has 2 aliphatic rings. The van der Waals surface area contributed by atoms with Gasteiger partial charge in [-0.2, -0.15) is 5.26 Å². The highest BCUT2D eigenvalue weighted by molar-refractivity contribution is 5.94. The Hall–Kier alpha value is -3.01. The molecule has 0 unspecified atom stereocenters. The molecule has 0 saturated carbocycles. The second-order valence-corrected chi connectivity index (χ2v) is 6.71. The molecule has 2 aromatic rings. The highest BCUT2D eigenvalue weighted by atomic mass is 16.5. The van der Waals surface area contributed by atoms with E-state index in [1.54, 1.807) is 23.4 Å². The summed E-state index contributed by atoms with van der Waals surface area (Å²) >= 11 is 0. The quantitative estimate of drug-likeness (QED) is 0.912. The number of amides is 1. The molecule has 0 radical (unpaired) electrons. The SMILES string of the molecule is N#Cc1cc(C(=O)N2CC[C@@H](Oc3cccnc3N3CCCC3)C2)c[nH]1. The topological polar surface area (TPSA) is 85.2 Å². The van der Waals surface area contributed by atoms with E-state index in [9.17, 15) is 4.79 Å². The number of aromatic nitrogens is 2. The summed E-state index contributed by atoms with van der Waals surface area (Å²) in [6.45, 7) is 3.21. The number of nitriles is 1. The highest BCUT2D eigenvalue weighted by Crippen LogP contribution is 2.30. The average Bonchev–Trinajstić information content (AvgIpc) is 3.42. The summed E-state index contributed by atoms with van der Waals surface area (Å²) in [6.07, 6.45) is 6.49. The molecule has 2 fully saturated rings. The van der Waals surface area contributed by atoms with E-state index in [-0.39, 0.29) is 12.0 Å². The van der Waals surface area contributed by atoms with Crippen molar-refractivity contribution in [2.45, 2.75) is 25.4 Å². The normalized spacial score (nSPS) is 19.6. The van der Waals surface area contributed by atoms with Crippen LogP contribution in [-0.4, -0.2) is 53.1 Å². The van der Waals surface area contributed by atoms with Crippen LogP contribution >= 0.6 is 0 Å². The van der Waals surface area contributed by atoms with Crippen LogP contribution in [0, 0.1) is 11.3 Å². The van der Waals surface area contributed by atoms with E-state index in [0.29, 0.717) is 24.3 Å². The lowest BCUT2D eigenvalue weighted by atomic mass is 10.3. The van der Waals surface area contributed by atoms with Crippen molar-refractivity contribution in [1.29, 1.82) is 5.26 Å². The molecule has 0 bridgehead atoms. The van der Waals surface area contributed by atoms with Crippen LogP contribution in [0.15, 0.2) is 30.6 Å². The van der Waals surface area contributed by atoms with Crippen molar-refractivity contribution in [1.82, 2.24) is 14.9 Å². The zero-order valence-corrected chi connectivity index (χ0v) is 14.5. The lowest BCUT2D eigenvalue weighted by molar-refractivity contribution is 0.0772. The van der Waals surface area contributed by atoms with Gasteiger partial charge in [0.05, 0.1) is 12.1 Å². The Morgan fingerprint density at radius 1 is 1.35 bits per heavy atom. The van der Waals surface area contributed by atoms with Crippen LogP contribution in [0.25, 0.3) is 0 Å². The molecule has 7 heteroatoms. The van der Waals surface area contributed by atoms with E-state index in [4.69, 9.17) is 10.00 Å². The Bertz CT molecular complexity index is 834. The van der Waals surface area contributed by atoms with Gasteiger partial charge in [0.25, 0.3) is 5.91 Å². The summed E-state index contributed by atoms with van der Waals surface area (Å²) in [5, 5.41) is 8.88. The molecule has 7 nitrogen and oxygen atoms in total. The summed E-state index contributed by atoms with van der Waals surface area (Å²) in [7, 11) is 0. The van der Waals surface area contributed by atoms with Crippen LogP contribution in [0.4, 0.5) is 5.82 Å². The minimum Gasteiger partial charge on any atom is -0.485 e. The number of carbonyl (C=O) groups is 1. The van der Waals surface area contributed by atoms with Crippen LogP contribution < -0.4 is 9.64 Å². The maximum absolute atomic E-state index is 12.6. The predicted molar refractivity (Wildman–Crippen MR) is 96.1 cm³/mol. The monoisotopic (exact) mass is 351 g/mol. The third kappa shape index (κ3) is 3.23. The molecule has 0 spiro atoms. The largest absolute Gasteiger partial charge is 0.485 e. The first-order chi connectivity index (χ1) is 12.7. The lowest BCUT2D eigenvalue weighted by Gasteiger charge is -2.22. The second kappa shape index (κ2) is 7.08. The van der Waals surface area contributed by atoms with Gasteiger partial charge in [0.15, 0.2) is 11.6 Å². The van der Waals surface area contributed by atoms with Gasteiger partial charge in [0.2, 0.25) is 0 Å². The fourth-order valence-electron chi connectivity index (χ4n) is 3.59. The maximum atomic E-state index is 12.6. The van der Waals surface area contributed by atoms with Gasteiger partial charge in [-0.05, 0) is 31.0 Å². The van der Waals surface area contributed by atoms with Gasteiger partial charge in [-0.3, -0.25) is 4.79 Å². The molecule has 4 rings (SSSR count). The zero-order valence-electron chi connectivity index (χ0n) is 14.5. The van der Waals surface area contributed by atoms with Crippen molar-refractivity contribution in [3.8, 4) is 11.8 Å². The third-order valence-corrected chi connectivity index (χ3v) is 4.93. The van der Waals surface area contributed by atoms with Gasteiger partial charge >= 0.3 is 0 Å². The molecule has 0 aromatic carbocycles. The average molecular weight is 351 g/mol. The van der Waals surface area contributed by atoms with Crippen molar-refractivity contribution in [3.05, 3.63) is 41.9 Å². The zero-order chi connectivity index (χ0) is 17.9. The molecule has 0 aliphatic carbocycles. The number of carbonyl (C=O) groups excluding carboxylic acids is 1. The van der Waals surface area contributed by atoms with Gasteiger partial charge in [-0.25, -0.2) is 4.98 Å². The van der Waals surface area contributed by atoms with Gasteiger partial charge in [-0.1, -0.05) is 0 Å². The first kappa shape index (κ1) is 16.5. The number of ether oxygens (including phenoxy) is 1. The Labute approximate surface area is 152 Å². The number of anilines is 1. The first-order valence-electron chi connectivity index (χ1n) is 8.99. The van der Waals surface area contributed by atoms with E-state index in [2.05, 4.69) is 14.9 Å². The van der Waals surface area contributed by atoms with E-state index in [1.807, 2.05) is 18.2 Å². The van der Waals surface area contributed by atoms with Crippen LogP contribution in [0.2, 0.25) is 0 Å². The standard InChI is InChI=1S/C19H21N5O2/c20-11-15-10-14(12-22-15)19(25)24-9-5-16(13-24)26-17-4-3-6-21-18(17)23-7-1-2-8-23/h3-4,6,10,12,16,22H,1-2,5,7-9,13H2/t16-/m1/s1. The predicted octanol–water partition coefficient (Wildman–Crippen LogP) is 2.18. The number of nitrogens with zero attached hydrogens (tertiary/aromatic N) is 4. The van der Waals surface area contributed by atoms with Crippen molar-refractivity contribution >= 4 is 11.7 Å². The molecule has 4 heterocycles. The van der Waals surface area contributed by atoms with Crippen LogP contribution in [0.5, 0.6) is 5.75 Å². The number of nitrogens with one attached hydrogen (secondary N) is 1. The Balaban J connectivity index is 1.42. The molecule has 2 aliphatic heterocycles. The summed E-state index contributed by atoms with van der Waals surface area (Å²) in [4.78, 5) is 23.9. The number of pyridine rings is 1. The summed E-state index contributed by atoms with van der Waals surface area (Å²) < 4.78 is 6.20. The van der Waals surface area contributed by atoms with Crippen molar-refractivity contribution in [2.24, 2.45) is 0 Å². The third-order valence-electron chi connectivity index (χ3n) is 4.93. The van der Waals surface area contributed by atoms with Crippen molar-refractivity contribution < 1.29 is 9.53 Å². The van der Waals surface area contributed by atoms with E-state index in [1.165, 1.54) is 12.8 Å². The minimum absolute atomic E-state index is 0.0427. The molecule has 2 saturated heterocycles. The van der Waals surface area contributed by atoms with Crippen LogP contribution in [0.3, 0.4) is 0 Å². The molecule has 1 atom stereocenters. The second-order valence-electron chi connectivity index (χ2n) is 6.71. The van der Waals surface area contributed by atoms with Gasteiger partial charge < -0.3 is 19.5 Å². The fraction of sp³-hybridized carbons (Fsp3) is 0.421. The van der Waals surface area contributed by atoms with E-state index in [0.717, 1.165) is 31.1 Å². The molecule has 26 heavy (non-hydrogen) atoms. The maximum Gasteiger partial charge on any atom is 0.255 e. The number of rotatable bonds is 4. The van der Waals surface area contributed by atoms with Gasteiger partial charge in [0.1, 0.15) is 17.9 Å². The Kier molecular flexibility index (Phi) is 4.48. The summed E-state index contributed by atoms with van der Waals surface area (Å²) in [5.41, 5.74) is 0.910. The van der Waals surface area contributed by atoms with Gasteiger partial charge in [0, 0.05) is 38.4 Å². The van der Waals surface area contributed by atoms with Crippen LogP contribution in [0.1, 0.15) is 35.3 Å². The Morgan fingerprint density at radius 2 is 2.19 bits per heavy atom. The molecule has 1 N–H and O–H groups in total. The van der Waals surface area contributed by atoms with Crippen molar-refractivity contribution in [2.75, 3.05) is 31.1 Å². The molecule has 134 valence electrons. The van der Waals surface area contributed by atoms with E-state index >= 15 is 0 Å². The van der Waals surface area contributed by atoms with E-state index < -0.39 is 0 Å². The smallest absolute Gasteiger partial charge is 0.255 e. The summed E-state index contributed by atoms with van der Waals surface area (Å²) in [5.74, 6) is 1.63. The van der Waals surface area contributed by atoms with Crippen LogP contribution in [-0.2, 0) is 0 Å². The molecular formula is C19H21N5O2. The lowest BCUT2D eigenvalue weighted by Crippen LogP contribution is -2.31. The number of aromatic amines is 1. The number of hydrogen-bond donors (Lipinski definition) is 1. The highest BCUT2D eigenvalue weighted by Gasteiger charge is 2.30. The molecular weight excluding hydrogens is 330 g/mol. The number of likely N-dealkylation sites (tertiary alicyclic amines) is 1. The molecule has 2 aromatic heterocycles. The molecule has 1 amide bonds. The Morgan fingerprint density at radius 3 is 2.96 bits per heavy atom. The number of H-pyrrole nitrogens is 1. The van der Waals surface area contributed by atoms with Gasteiger partial charge in [-0.15, -0.1) is 0 Å². The number of hydrogen-bond acceptors (Lipinski definition) is 5. The van der Waals surface area contributed by atoms with Crippen molar-refractivity contribution in [3.63, 3.8) is 0 Å². The minimum atomic E-state index is -0.0696.